The summed E-state index contributed by atoms with van der Waals surface area (Å²) in [6.45, 7) is 7.45. The van der Waals surface area contributed by atoms with Crippen LogP contribution in [0.4, 0.5) is 0 Å². The average Bonchev–Trinajstić information content (AvgIpc) is 3.07. The first kappa shape index (κ1) is 21.9. The van der Waals surface area contributed by atoms with Crippen LogP contribution < -0.4 is 21.3 Å². The minimum Gasteiger partial charge on any atom is -0.480 e. The maximum Gasteiger partial charge on any atom is 0.325 e. The summed E-state index contributed by atoms with van der Waals surface area (Å²) in [6, 6.07) is -3.02. The van der Waals surface area contributed by atoms with E-state index >= 15 is 0 Å². The molecule has 26 heavy (non-hydrogen) atoms. The molecule has 0 aromatic carbocycles. The Balaban J connectivity index is 2.65. The Morgan fingerprint density at radius 3 is 2.12 bits per heavy atom. The van der Waals surface area contributed by atoms with Crippen LogP contribution >= 0.6 is 0 Å². The zero-order valence-electron chi connectivity index (χ0n) is 15.8. The van der Waals surface area contributed by atoms with E-state index in [1.165, 1.54) is 13.8 Å². The third-order valence-corrected chi connectivity index (χ3v) is 4.20. The van der Waals surface area contributed by atoms with Gasteiger partial charge in [0.15, 0.2) is 0 Å². The molecule has 0 aromatic rings. The molecular formula is C17H30N4O5. The van der Waals surface area contributed by atoms with Gasteiger partial charge >= 0.3 is 5.97 Å². The highest BCUT2D eigenvalue weighted by atomic mass is 16.4. The van der Waals surface area contributed by atoms with Crippen LogP contribution in [0.25, 0.3) is 0 Å². The minimum absolute atomic E-state index is 0.166. The van der Waals surface area contributed by atoms with Crippen molar-refractivity contribution in [3.8, 4) is 0 Å². The largest absolute Gasteiger partial charge is 0.480 e. The van der Waals surface area contributed by atoms with Crippen LogP contribution in [-0.2, 0) is 19.2 Å². The van der Waals surface area contributed by atoms with Crippen molar-refractivity contribution in [2.45, 2.75) is 71.1 Å². The van der Waals surface area contributed by atoms with E-state index in [1.807, 2.05) is 13.8 Å². The molecule has 0 spiro atoms. The number of amides is 3. The lowest BCUT2D eigenvalue weighted by Gasteiger charge is -2.24. The average molecular weight is 370 g/mol. The van der Waals surface area contributed by atoms with Crippen molar-refractivity contribution in [2.75, 3.05) is 6.54 Å². The van der Waals surface area contributed by atoms with E-state index in [4.69, 9.17) is 5.11 Å². The van der Waals surface area contributed by atoms with Crippen molar-refractivity contribution < 1.29 is 24.3 Å². The lowest BCUT2D eigenvalue weighted by atomic mass is 10.0. The van der Waals surface area contributed by atoms with Crippen LogP contribution in [0, 0.1) is 5.92 Å². The van der Waals surface area contributed by atoms with Crippen molar-refractivity contribution >= 4 is 23.7 Å². The van der Waals surface area contributed by atoms with Gasteiger partial charge in [-0.25, -0.2) is 0 Å². The summed E-state index contributed by atoms with van der Waals surface area (Å²) in [7, 11) is 0. The SMILES string of the molecule is CC(C)CC(NC(=O)C1CCCN1)C(=O)NC(C)C(=O)NC(C)C(=O)O. The summed E-state index contributed by atoms with van der Waals surface area (Å²) in [5.74, 6) is -2.28. The molecule has 0 radical (unpaired) electrons. The molecule has 4 unspecified atom stereocenters. The Morgan fingerprint density at radius 2 is 1.62 bits per heavy atom. The molecule has 9 nitrogen and oxygen atoms in total. The van der Waals surface area contributed by atoms with E-state index in [0.29, 0.717) is 6.42 Å². The molecule has 1 fully saturated rings. The molecular weight excluding hydrogens is 340 g/mol. The van der Waals surface area contributed by atoms with Gasteiger partial charge in [-0.05, 0) is 45.6 Å². The lowest BCUT2D eigenvalue weighted by Crippen LogP contribution is -2.56. The molecule has 1 rings (SSSR count). The third kappa shape index (κ3) is 6.99. The fraction of sp³-hybridized carbons (Fsp3) is 0.765. The van der Waals surface area contributed by atoms with Crippen LogP contribution in [0.1, 0.15) is 47.0 Å². The van der Waals surface area contributed by atoms with Gasteiger partial charge in [-0.2, -0.15) is 0 Å². The number of aliphatic carboxylic acids is 1. The first-order valence-electron chi connectivity index (χ1n) is 8.99. The molecule has 1 aliphatic rings. The van der Waals surface area contributed by atoms with Gasteiger partial charge in [0.05, 0.1) is 6.04 Å². The van der Waals surface area contributed by atoms with Crippen molar-refractivity contribution in [2.24, 2.45) is 5.92 Å². The van der Waals surface area contributed by atoms with E-state index in [0.717, 1.165) is 19.4 Å². The highest BCUT2D eigenvalue weighted by Gasteiger charge is 2.29. The third-order valence-electron chi connectivity index (χ3n) is 4.20. The predicted molar refractivity (Wildman–Crippen MR) is 95.3 cm³/mol. The number of nitrogens with one attached hydrogen (secondary N) is 4. The molecule has 4 atom stereocenters. The fourth-order valence-electron chi connectivity index (χ4n) is 2.66. The summed E-state index contributed by atoms with van der Waals surface area (Å²) in [4.78, 5) is 47.6. The van der Waals surface area contributed by atoms with Gasteiger partial charge in [-0.1, -0.05) is 13.8 Å². The Bertz CT molecular complexity index is 531. The summed E-state index contributed by atoms with van der Waals surface area (Å²) >= 11 is 0. The first-order chi connectivity index (χ1) is 12.1. The van der Waals surface area contributed by atoms with E-state index in [1.54, 1.807) is 0 Å². The fourth-order valence-corrected chi connectivity index (χ4v) is 2.66. The van der Waals surface area contributed by atoms with Gasteiger partial charge in [0, 0.05) is 0 Å². The maximum atomic E-state index is 12.5. The van der Waals surface area contributed by atoms with Gasteiger partial charge in [0.25, 0.3) is 0 Å². The predicted octanol–water partition coefficient (Wildman–Crippen LogP) is -0.637. The number of carboxylic acid groups (broad SMARTS) is 1. The Labute approximate surface area is 153 Å². The van der Waals surface area contributed by atoms with Crippen LogP contribution in [0.15, 0.2) is 0 Å². The number of rotatable bonds is 9. The molecule has 0 bridgehead atoms. The van der Waals surface area contributed by atoms with Gasteiger partial charge in [0.1, 0.15) is 18.1 Å². The molecule has 1 aliphatic heterocycles. The number of carboxylic acids is 1. The molecule has 5 N–H and O–H groups in total. The molecule has 148 valence electrons. The van der Waals surface area contributed by atoms with E-state index < -0.39 is 35.9 Å². The monoisotopic (exact) mass is 370 g/mol. The molecule has 0 saturated carbocycles. The summed E-state index contributed by atoms with van der Waals surface area (Å²) < 4.78 is 0. The topological polar surface area (TPSA) is 137 Å². The molecule has 0 aliphatic carbocycles. The van der Waals surface area contributed by atoms with Crippen molar-refractivity contribution in [3.05, 3.63) is 0 Å². The number of carbonyl (C=O) groups is 4. The molecule has 3 amide bonds. The molecule has 1 saturated heterocycles. The molecule has 1 heterocycles. The van der Waals surface area contributed by atoms with E-state index in [2.05, 4.69) is 21.3 Å². The minimum atomic E-state index is -1.16. The van der Waals surface area contributed by atoms with Crippen LogP contribution in [-0.4, -0.2) is 59.5 Å². The van der Waals surface area contributed by atoms with Gasteiger partial charge in [-0.15, -0.1) is 0 Å². The quantitative estimate of drug-likeness (QED) is 0.366. The van der Waals surface area contributed by atoms with Crippen LogP contribution in [0.2, 0.25) is 0 Å². The van der Waals surface area contributed by atoms with E-state index in [-0.39, 0.29) is 17.9 Å². The van der Waals surface area contributed by atoms with Crippen molar-refractivity contribution in [3.63, 3.8) is 0 Å². The molecule has 0 aromatic heterocycles. The Morgan fingerprint density at radius 1 is 1.00 bits per heavy atom. The molecule has 9 heteroatoms. The van der Waals surface area contributed by atoms with Gasteiger partial charge in [0.2, 0.25) is 17.7 Å². The lowest BCUT2D eigenvalue weighted by molar-refractivity contribution is -0.141. The van der Waals surface area contributed by atoms with Crippen molar-refractivity contribution in [1.29, 1.82) is 0 Å². The number of hydrogen-bond donors (Lipinski definition) is 5. The number of hydrogen-bond acceptors (Lipinski definition) is 5. The number of carbonyl (C=O) groups excluding carboxylic acids is 3. The first-order valence-corrected chi connectivity index (χ1v) is 8.99. The zero-order chi connectivity index (χ0) is 19.9. The van der Waals surface area contributed by atoms with Gasteiger partial charge in [-0.3, -0.25) is 19.2 Å². The Hall–Kier alpha value is -2.16. The maximum absolute atomic E-state index is 12.5. The summed E-state index contributed by atoms with van der Waals surface area (Å²) in [6.07, 6.45) is 2.08. The second-order valence-corrected chi connectivity index (χ2v) is 7.14. The standard InChI is InChI=1S/C17H30N4O5/c1-9(2)8-13(21-15(23)12-6-5-7-18-12)16(24)19-10(3)14(22)20-11(4)17(25)26/h9-13,18H,5-8H2,1-4H3,(H,19,24)(H,20,22)(H,21,23)(H,25,26). The Kier molecular flexibility index (Phi) is 8.50. The highest BCUT2D eigenvalue weighted by Crippen LogP contribution is 2.09. The normalized spacial score (nSPS) is 20.1. The highest BCUT2D eigenvalue weighted by molar-refractivity contribution is 5.93. The summed E-state index contributed by atoms with van der Waals surface area (Å²) in [5.41, 5.74) is 0. The van der Waals surface area contributed by atoms with Crippen LogP contribution in [0.5, 0.6) is 0 Å². The van der Waals surface area contributed by atoms with Crippen molar-refractivity contribution in [1.82, 2.24) is 21.3 Å². The second-order valence-electron chi connectivity index (χ2n) is 7.14. The zero-order valence-corrected chi connectivity index (χ0v) is 15.8. The second kappa shape index (κ2) is 10.1. The van der Waals surface area contributed by atoms with Gasteiger partial charge < -0.3 is 26.4 Å². The smallest absolute Gasteiger partial charge is 0.325 e. The summed E-state index contributed by atoms with van der Waals surface area (Å²) in [5, 5.41) is 19.5. The van der Waals surface area contributed by atoms with E-state index in [9.17, 15) is 19.2 Å². The van der Waals surface area contributed by atoms with Crippen LogP contribution in [0.3, 0.4) is 0 Å².